The van der Waals surface area contributed by atoms with E-state index in [2.05, 4.69) is 9.24 Å². The van der Waals surface area contributed by atoms with Crippen molar-refractivity contribution in [2.24, 2.45) is 5.73 Å². The first-order valence-electron chi connectivity index (χ1n) is 8.41. The van der Waals surface area contributed by atoms with Crippen LogP contribution in [0, 0.1) is 0 Å². The first-order chi connectivity index (χ1) is 13.1. The Morgan fingerprint density at radius 3 is 2.22 bits per heavy atom. The number of amides is 1. The molecule has 4 aromatic rings. The number of benzene rings is 3. The number of nitrogens with two attached hydrogens (primary N) is 1. The molecule has 1 aromatic heterocycles. The fourth-order valence-electron chi connectivity index (χ4n) is 3.65. The Morgan fingerprint density at radius 1 is 0.926 bits per heavy atom. The van der Waals surface area contributed by atoms with Gasteiger partial charge >= 0.3 is 6.03 Å². The molecule has 0 aliphatic rings. The van der Waals surface area contributed by atoms with Crippen LogP contribution >= 0.6 is 9.24 Å². The van der Waals surface area contributed by atoms with Crippen molar-refractivity contribution < 1.29 is 14.3 Å². The molecule has 0 bridgehead atoms. The normalized spacial score (nSPS) is 11.1. The van der Waals surface area contributed by atoms with Crippen molar-refractivity contribution in [1.29, 1.82) is 0 Å². The molecular formula is C21H19N2O3P. The number of rotatable bonds is 3. The number of primary amides is 1. The lowest BCUT2D eigenvalue weighted by Crippen LogP contribution is -2.21. The van der Waals surface area contributed by atoms with Gasteiger partial charge in [-0.15, -0.1) is 9.24 Å². The zero-order valence-electron chi connectivity index (χ0n) is 15.0. The number of fused-ring (bicyclic) bond motifs is 3. The molecule has 4 rings (SSSR count). The van der Waals surface area contributed by atoms with E-state index in [1.54, 1.807) is 18.8 Å². The van der Waals surface area contributed by atoms with Crippen molar-refractivity contribution in [3.05, 3.63) is 54.6 Å². The zero-order valence-corrected chi connectivity index (χ0v) is 16.2. The molecule has 0 saturated carbocycles. The van der Waals surface area contributed by atoms with Crippen molar-refractivity contribution in [2.75, 3.05) is 14.2 Å². The summed E-state index contributed by atoms with van der Waals surface area (Å²) in [4.78, 5) is 12.3. The largest absolute Gasteiger partial charge is 0.496 e. The van der Waals surface area contributed by atoms with Crippen LogP contribution in [-0.4, -0.2) is 24.8 Å². The minimum absolute atomic E-state index is 0.519. The summed E-state index contributed by atoms with van der Waals surface area (Å²) in [5.41, 5.74) is 9.00. The SMILES string of the molecule is COc1cccc(OC)c1-c1ccc2c3ccccc3n(C(N)=O)c2c1P. The highest BCUT2D eigenvalue weighted by atomic mass is 31.0. The Labute approximate surface area is 158 Å². The van der Waals surface area contributed by atoms with E-state index < -0.39 is 6.03 Å². The molecule has 1 unspecified atom stereocenters. The molecule has 27 heavy (non-hydrogen) atoms. The molecule has 3 aromatic carbocycles. The average molecular weight is 378 g/mol. The van der Waals surface area contributed by atoms with Crippen LogP contribution in [0.4, 0.5) is 4.79 Å². The third kappa shape index (κ3) is 2.54. The summed E-state index contributed by atoms with van der Waals surface area (Å²) in [6.07, 6.45) is 0. The molecule has 0 aliphatic heterocycles. The number of nitrogens with zero attached hydrogens (tertiary/aromatic N) is 1. The Bertz CT molecular complexity index is 1170. The molecule has 0 aliphatic carbocycles. The van der Waals surface area contributed by atoms with E-state index in [1.165, 1.54) is 0 Å². The minimum atomic E-state index is -0.519. The number of hydrogen-bond acceptors (Lipinski definition) is 3. The lowest BCUT2D eigenvalue weighted by molar-refractivity contribution is 0.252. The Morgan fingerprint density at radius 2 is 1.59 bits per heavy atom. The second-order valence-corrected chi connectivity index (χ2v) is 6.73. The van der Waals surface area contributed by atoms with Gasteiger partial charge in [0.15, 0.2) is 0 Å². The molecular weight excluding hydrogens is 359 g/mol. The third-order valence-electron chi connectivity index (χ3n) is 4.79. The van der Waals surface area contributed by atoms with Crippen LogP contribution in [0.25, 0.3) is 32.9 Å². The van der Waals surface area contributed by atoms with Gasteiger partial charge < -0.3 is 15.2 Å². The molecule has 1 amide bonds. The molecule has 1 heterocycles. The van der Waals surface area contributed by atoms with Gasteiger partial charge in [-0.1, -0.05) is 36.4 Å². The minimum Gasteiger partial charge on any atom is -0.496 e. The summed E-state index contributed by atoms with van der Waals surface area (Å²) in [7, 11) is 6.00. The molecule has 6 heteroatoms. The van der Waals surface area contributed by atoms with Crippen molar-refractivity contribution in [2.45, 2.75) is 0 Å². The van der Waals surface area contributed by atoms with Crippen LogP contribution in [-0.2, 0) is 0 Å². The van der Waals surface area contributed by atoms with Gasteiger partial charge in [-0.2, -0.15) is 0 Å². The number of aromatic nitrogens is 1. The first-order valence-corrected chi connectivity index (χ1v) is 8.99. The maximum absolute atomic E-state index is 12.3. The third-order valence-corrected chi connectivity index (χ3v) is 5.38. The maximum atomic E-state index is 12.3. The van der Waals surface area contributed by atoms with E-state index in [9.17, 15) is 4.79 Å². The smallest absolute Gasteiger partial charge is 0.323 e. The van der Waals surface area contributed by atoms with E-state index in [-0.39, 0.29) is 0 Å². The number of methoxy groups -OCH3 is 2. The molecule has 0 radical (unpaired) electrons. The standard InChI is InChI=1S/C21H19N2O3P/c1-25-16-8-5-9-17(26-2)18(16)14-11-10-13-12-6-3-4-7-15(12)23(21(22)24)19(13)20(14)27/h3-11H,27H2,1-2H3,(H2,22,24). The summed E-state index contributed by atoms with van der Waals surface area (Å²) < 4.78 is 12.7. The van der Waals surface area contributed by atoms with Crippen LogP contribution in [0.1, 0.15) is 0 Å². The molecule has 0 spiro atoms. The van der Waals surface area contributed by atoms with Crippen LogP contribution in [0.15, 0.2) is 54.6 Å². The predicted octanol–water partition coefficient (Wildman–Crippen LogP) is 3.91. The van der Waals surface area contributed by atoms with E-state index in [0.717, 1.165) is 38.2 Å². The number of ether oxygens (including phenoxy) is 2. The monoisotopic (exact) mass is 378 g/mol. The summed E-state index contributed by atoms with van der Waals surface area (Å²) >= 11 is 0. The summed E-state index contributed by atoms with van der Waals surface area (Å²) in [5, 5.41) is 2.80. The summed E-state index contributed by atoms with van der Waals surface area (Å²) in [6.45, 7) is 0. The van der Waals surface area contributed by atoms with Crippen molar-refractivity contribution in [1.82, 2.24) is 4.57 Å². The molecule has 0 fully saturated rings. The predicted molar refractivity (Wildman–Crippen MR) is 112 cm³/mol. The van der Waals surface area contributed by atoms with Gasteiger partial charge in [-0.3, -0.25) is 4.57 Å². The van der Waals surface area contributed by atoms with E-state index >= 15 is 0 Å². The highest BCUT2D eigenvalue weighted by molar-refractivity contribution is 7.29. The number of carbonyl (C=O) groups excluding carboxylic acids is 1. The van der Waals surface area contributed by atoms with Gasteiger partial charge in [0.2, 0.25) is 0 Å². The van der Waals surface area contributed by atoms with Gasteiger partial charge in [-0.05, 0) is 23.8 Å². The van der Waals surface area contributed by atoms with E-state index in [0.29, 0.717) is 11.5 Å². The lowest BCUT2D eigenvalue weighted by Gasteiger charge is -2.16. The van der Waals surface area contributed by atoms with E-state index in [4.69, 9.17) is 15.2 Å². The second-order valence-electron chi connectivity index (χ2n) is 6.15. The number of para-hydroxylation sites is 1. The van der Waals surface area contributed by atoms with Gasteiger partial charge in [0.1, 0.15) is 11.5 Å². The van der Waals surface area contributed by atoms with Crippen LogP contribution in [0.2, 0.25) is 0 Å². The summed E-state index contributed by atoms with van der Waals surface area (Å²) in [6, 6.07) is 16.9. The Balaban J connectivity index is 2.15. The quantitative estimate of drug-likeness (QED) is 0.550. The molecule has 136 valence electrons. The Kier molecular flexibility index (Phi) is 4.25. The fourth-order valence-corrected chi connectivity index (χ4v) is 4.17. The van der Waals surface area contributed by atoms with Gasteiger partial charge in [0.05, 0.1) is 30.8 Å². The fraction of sp³-hybridized carbons (Fsp3) is 0.0952. The number of carbonyl (C=O) groups is 1. The van der Waals surface area contributed by atoms with Crippen molar-refractivity contribution in [3.8, 4) is 22.6 Å². The van der Waals surface area contributed by atoms with Crippen LogP contribution in [0.3, 0.4) is 0 Å². The lowest BCUT2D eigenvalue weighted by atomic mass is 10.0. The van der Waals surface area contributed by atoms with Crippen molar-refractivity contribution in [3.63, 3.8) is 0 Å². The zero-order chi connectivity index (χ0) is 19.1. The Hall–Kier alpha value is -3.04. The maximum Gasteiger partial charge on any atom is 0.323 e. The molecule has 2 N–H and O–H groups in total. The number of hydrogen-bond donors (Lipinski definition) is 1. The van der Waals surface area contributed by atoms with Crippen molar-refractivity contribution >= 4 is 42.4 Å². The van der Waals surface area contributed by atoms with Crippen LogP contribution in [0.5, 0.6) is 11.5 Å². The van der Waals surface area contributed by atoms with E-state index in [1.807, 2.05) is 54.6 Å². The molecule has 1 atom stereocenters. The second kappa shape index (κ2) is 6.60. The van der Waals surface area contributed by atoms with Gasteiger partial charge in [0, 0.05) is 16.1 Å². The molecule has 5 nitrogen and oxygen atoms in total. The first kappa shape index (κ1) is 17.4. The molecule has 0 saturated heterocycles. The topological polar surface area (TPSA) is 66.5 Å². The highest BCUT2D eigenvalue weighted by Crippen LogP contribution is 2.40. The highest BCUT2D eigenvalue weighted by Gasteiger charge is 2.21. The van der Waals surface area contributed by atoms with Gasteiger partial charge in [-0.25, -0.2) is 4.79 Å². The van der Waals surface area contributed by atoms with Gasteiger partial charge in [0.25, 0.3) is 0 Å². The summed E-state index contributed by atoms with van der Waals surface area (Å²) in [5.74, 6) is 1.39. The average Bonchev–Trinajstić information content (AvgIpc) is 3.03. The van der Waals surface area contributed by atoms with Crippen LogP contribution < -0.4 is 20.5 Å².